The fourth-order valence-electron chi connectivity index (χ4n) is 3.39. The minimum absolute atomic E-state index is 0.238. The number of hydrogen-bond acceptors (Lipinski definition) is 2. The van der Waals surface area contributed by atoms with Gasteiger partial charge in [0.2, 0.25) is 5.91 Å². The highest BCUT2D eigenvalue weighted by Crippen LogP contribution is 2.34. The lowest BCUT2D eigenvalue weighted by atomic mass is 9.88. The quantitative estimate of drug-likeness (QED) is 0.873. The SMILES string of the molecule is O=C(C1CCCCC1)N1CCCC1c1ccn[nH]1. The van der Waals surface area contributed by atoms with Gasteiger partial charge in [-0.2, -0.15) is 5.10 Å². The second kappa shape index (κ2) is 5.12. The summed E-state index contributed by atoms with van der Waals surface area (Å²) < 4.78 is 0. The topological polar surface area (TPSA) is 49.0 Å². The third-order valence-electron chi connectivity index (χ3n) is 4.37. The Bertz CT molecular complexity index is 395. The molecule has 0 bridgehead atoms. The number of H-pyrrole nitrogens is 1. The Morgan fingerprint density at radius 2 is 2.06 bits per heavy atom. The number of nitrogens with one attached hydrogen (secondary N) is 1. The molecule has 3 rings (SSSR count). The molecular formula is C14H21N3O. The molecule has 0 aromatic carbocycles. The minimum atomic E-state index is 0.238. The van der Waals surface area contributed by atoms with Crippen molar-refractivity contribution in [2.45, 2.75) is 51.0 Å². The normalized spacial score (nSPS) is 25.6. The van der Waals surface area contributed by atoms with Crippen molar-refractivity contribution in [2.75, 3.05) is 6.54 Å². The molecule has 1 unspecified atom stereocenters. The number of amides is 1. The van der Waals surface area contributed by atoms with Crippen molar-refractivity contribution in [2.24, 2.45) is 5.92 Å². The van der Waals surface area contributed by atoms with Gasteiger partial charge in [-0.15, -0.1) is 0 Å². The summed E-state index contributed by atoms with van der Waals surface area (Å²) in [6.07, 6.45) is 9.88. The van der Waals surface area contributed by atoms with Crippen LogP contribution in [0, 0.1) is 5.92 Å². The van der Waals surface area contributed by atoms with Gasteiger partial charge in [0.25, 0.3) is 0 Å². The van der Waals surface area contributed by atoms with E-state index in [9.17, 15) is 4.79 Å². The van der Waals surface area contributed by atoms with Gasteiger partial charge in [0.1, 0.15) is 0 Å². The molecule has 1 saturated heterocycles. The molecule has 4 nitrogen and oxygen atoms in total. The third kappa shape index (κ3) is 2.16. The minimum Gasteiger partial charge on any atom is -0.334 e. The van der Waals surface area contributed by atoms with E-state index >= 15 is 0 Å². The summed E-state index contributed by atoms with van der Waals surface area (Å²) >= 11 is 0. The highest BCUT2D eigenvalue weighted by atomic mass is 16.2. The summed E-state index contributed by atoms with van der Waals surface area (Å²) in [5.41, 5.74) is 1.09. The molecule has 1 atom stereocenters. The van der Waals surface area contributed by atoms with E-state index in [1.165, 1.54) is 19.3 Å². The Morgan fingerprint density at radius 3 is 2.78 bits per heavy atom. The van der Waals surface area contributed by atoms with E-state index < -0.39 is 0 Å². The van der Waals surface area contributed by atoms with Crippen LogP contribution in [-0.4, -0.2) is 27.5 Å². The van der Waals surface area contributed by atoms with Gasteiger partial charge in [0.15, 0.2) is 0 Å². The van der Waals surface area contributed by atoms with Gasteiger partial charge >= 0.3 is 0 Å². The van der Waals surface area contributed by atoms with Crippen LogP contribution in [0.1, 0.15) is 56.7 Å². The van der Waals surface area contributed by atoms with Crippen molar-refractivity contribution in [1.82, 2.24) is 15.1 Å². The number of nitrogens with zero attached hydrogens (tertiary/aromatic N) is 2. The average Bonchev–Trinajstić information content (AvgIpc) is 3.09. The summed E-state index contributed by atoms with van der Waals surface area (Å²) in [4.78, 5) is 14.7. The highest BCUT2D eigenvalue weighted by Gasteiger charge is 2.34. The smallest absolute Gasteiger partial charge is 0.226 e. The summed E-state index contributed by atoms with van der Waals surface area (Å²) in [7, 11) is 0. The van der Waals surface area contributed by atoms with E-state index in [-0.39, 0.29) is 12.0 Å². The van der Waals surface area contributed by atoms with Crippen LogP contribution in [-0.2, 0) is 4.79 Å². The van der Waals surface area contributed by atoms with Gasteiger partial charge in [0.05, 0.1) is 11.7 Å². The Labute approximate surface area is 108 Å². The monoisotopic (exact) mass is 247 g/mol. The molecule has 2 heterocycles. The van der Waals surface area contributed by atoms with Crippen LogP contribution < -0.4 is 0 Å². The lowest BCUT2D eigenvalue weighted by Crippen LogP contribution is -2.36. The molecule has 0 spiro atoms. The highest BCUT2D eigenvalue weighted by molar-refractivity contribution is 5.79. The number of carbonyl (C=O) groups excluding carboxylic acids is 1. The number of likely N-dealkylation sites (tertiary alicyclic amines) is 1. The predicted octanol–water partition coefficient (Wildman–Crippen LogP) is 2.65. The zero-order chi connectivity index (χ0) is 12.4. The van der Waals surface area contributed by atoms with Crippen LogP contribution in [0.25, 0.3) is 0 Å². The fourth-order valence-corrected chi connectivity index (χ4v) is 3.39. The number of hydrogen-bond donors (Lipinski definition) is 1. The molecule has 1 saturated carbocycles. The van der Waals surface area contributed by atoms with Crippen LogP contribution in [0.5, 0.6) is 0 Å². The Hall–Kier alpha value is -1.32. The van der Waals surface area contributed by atoms with E-state index in [0.29, 0.717) is 5.91 Å². The zero-order valence-corrected chi connectivity index (χ0v) is 10.8. The zero-order valence-electron chi connectivity index (χ0n) is 10.8. The molecule has 98 valence electrons. The molecule has 1 aliphatic carbocycles. The Morgan fingerprint density at radius 1 is 1.22 bits per heavy atom. The number of aromatic amines is 1. The average molecular weight is 247 g/mol. The van der Waals surface area contributed by atoms with Gasteiger partial charge in [-0.25, -0.2) is 0 Å². The molecule has 18 heavy (non-hydrogen) atoms. The van der Waals surface area contributed by atoms with Gasteiger partial charge < -0.3 is 4.90 Å². The summed E-state index contributed by atoms with van der Waals surface area (Å²) in [6, 6.07) is 2.24. The van der Waals surface area contributed by atoms with Crippen molar-refractivity contribution in [3.63, 3.8) is 0 Å². The van der Waals surface area contributed by atoms with Crippen molar-refractivity contribution < 1.29 is 4.79 Å². The molecule has 0 radical (unpaired) electrons. The van der Waals surface area contributed by atoms with Crippen molar-refractivity contribution >= 4 is 5.91 Å². The second-order valence-electron chi connectivity index (χ2n) is 5.54. The number of carbonyl (C=O) groups is 1. The summed E-state index contributed by atoms with van der Waals surface area (Å²) in [5.74, 6) is 0.661. The summed E-state index contributed by atoms with van der Waals surface area (Å²) in [6.45, 7) is 0.916. The maximum absolute atomic E-state index is 12.6. The molecule has 4 heteroatoms. The largest absolute Gasteiger partial charge is 0.334 e. The van der Waals surface area contributed by atoms with E-state index in [2.05, 4.69) is 15.1 Å². The third-order valence-corrected chi connectivity index (χ3v) is 4.37. The molecule has 2 fully saturated rings. The molecule has 2 aliphatic rings. The lowest BCUT2D eigenvalue weighted by Gasteiger charge is -2.30. The molecule has 1 aromatic rings. The van der Waals surface area contributed by atoms with E-state index in [4.69, 9.17) is 0 Å². The van der Waals surface area contributed by atoms with E-state index in [1.807, 2.05) is 6.07 Å². The molecule has 1 aliphatic heterocycles. The first-order valence-corrected chi connectivity index (χ1v) is 7.16. The Kier molecular flexibility index (Phi) is 3.35. The van der Waals surface area contributed by atoms with Gasteiger partial charge in [0, 0.05) is 18.7 Å². The fraction of sp³-hybridized carbons (Fsp3) is 0.714. The van der Waals surface area contributed by atoms with Crippen LogP contribution in [0.4, 0.5) is 0 Å². The second-order valence-corrected chi connectivity index (χ2v) is 5.54. The van der Waals surface area contributed by atoms with Crippen molar-refractivity contribution in [3.05, 3.63) is 18.0 Å². The standard InChI is InChI=1S/C14H21N3O/c18-14(11-5-2-1-3-6-11)17-10-4-7-13(17)12-8-9-15-16-12/h8-9,11,13H,1-7,10H2,(H,15,16). The van der Waals surface area contributed by atoms with E-state index in [0.717, 1.165) is 37.9 Å². The first-order chi connectivity index (χ1) is 8.86. The maximum Gasteiger partial charge on any atom is 0.226 e. The first kappa shape index (κ1) is 11.8. The Balaban J connectivity index is 1.72. The van der Waals surface area contributed by atoms with Crippen molar-refractivity contribution in [1.29, 1.82) is 0 Å². The maximum atomic E-state index is 12.6. The van der Waals surface area contributed by atoms with Crippen LogP contribution in [0.3, 0.4) is 0 Å². The number of rotatable bonds is 2. The van der Waals surface area contributed by atoms with Crippen LogP contribution in [0.2, 0.25) is 0 Å². The first-order valence-electron chi connectivity index (χ1n) is 7.16. The van der Waals surface area contributed by atoms with Gasteiger partial charge in [-0.1, -0.05) is 19.3 Å². The van der Waals surface area contributed by atoms with Crippen molar-refractivity contribution in [3.8, 4) is 0 Å². The van der Waals surface area contributed by atoms with Crippen LogP contribution >= 0.6 is 0 Å². The molecule has 1 amide bonds. The summed E-state index contributed by atoms with van der Waals surface area (Å²) in [5, 5.41) is 7.03. The van der Waals surface area contributed by atoms with Gasteiger partial charge in [-0.3, -0.25) is 9.89 Å². The van der Waals surface area contributed by atoms with Gasteiger partial charge in [-0.05, 0) is 31.7 Å². The molecular weight excluding hydrogens is 226 g/mol. The predicted molar refractivity (Wildman–Crippen MR) is 68.9 cm³/mol. The molecule has 1 aromatic heterocycles. The number of aromatic nitrogens is 2. The van der Waals surface area contributed by atoms with Crippen LogP contribution in [0.15, 0.2) is 12.3 Å². The lowest BCUT2D eigenvalue weighted by molar-refractivity contribution is -0.137. The molecule has 1 N–H and O–H groups in total. The van der Waals surface area contributed by atoms with E-state index in [1.54, 1.807) is 6.20 Å².